The normalized spacial score (nSPS) is 10.8. The third-order valence-electron chi connectivity index (χ3n) is 2.96. The highest BCUT2D eigenvalue weighted by Gasteiger charge is 2.11. The fourth-order valence-corrected chi connectivity index (χ4v) is 2.07. The summed E-state index contributed by atoms with van der Waals surface area (Å²) >= 11 is 5.98. The van der Waals surface area contributed by atoms with Gasteiger partial charge in [0.2, 0.25) is 0 Å². The Balaban J connectivity index is 2.19. The van der Waals surface area contributed by atoms with E-state index in [1.165, 1.54) is 43.5 Å². The fraction of sp³-hybridized carbons (Fsp3) is 0.0588. The number of carbonyl (C=O) groups is 1. The van der Waals surface area contributed by atoms with Gasteiger partial charge in [0.15, 0.2) is 0 Å². The summed E-state index contributed by atoms with van der Waals surface area (Å²) in [6, 6.07) is 12.0. The van der Waals surface area contributed by atoms with Gasteiger partial charge in [-0.1, -0.05) is 23.7 Å². The van der Waals surface area contributed by atoms with Gasteiger partial charge in [0.1, 0.15) is 23.2 Å². The largest absolute Gasteiger partial charge is 0.495 e. The number of nitrogens with one attached hydrogen (secondary N) is 1. The van der Waals surface area contributed by atoms with Crippen molar-refractivity contribution in [2.24, 2.45) is 0 Å². The van der Waals surface area contributed by atoms with Gasteiger partial charge < -0.3 is 10.1 Å². The van der Waals surface area contributed by atoms with E-state index in [0.717, 1.165) is 0 Å². The van der Waals surface area contributed by atoms with E-state index < -0.39 is 11.7 Å². The van der Waals surface area contributed by atoms with Crippen LogP contribution in [-0.2, 0) is 4.79 Å². The zero-order chi connectivity index (χ0) is 16.8. The minimum atomic E-state index is -0.585. The van der Waals surface area contributed by atoms with Gasteiger partial charge in [-0.25, -0.2) is 4.39 Å². The van der Waals surface area contributed by atoms with E-state index >= 15 is 0 Å². The summed E-state index contributed by atoms with van der Waals surface area (Å²) in [6.07, 6.45) is 1.37. The Morgan fingerprint density at radius 2 is 2.00 bits per heavy atom. The van der Waals surface area contributed by atoms with Crippen molar-refractivity contribution < 1.29 is 13.9 Å². The quantitative estimate of drug-likeness (QED) is 0.680. The monoisotopic (exact) mass is 330 g/mol. The molecular weight excluding hydrogens is 319 g/mol. The van der Waals surface area contributed by atoms with Crippen molar-refractivity contribution in [3.63, 3.8) is 0 Å². The molecule has 23 heavy (non-hydrogen) atoms. The van der Waals surface area contributed by atoms with E-state index in [1.807, 2.05) is 6.07 Å². The molecule has 0 radical (unpaired) electrons. The average Bonchev–Trinajstić information content (AvgIpc) is 2.54. The van der Waals surface area contributed by atoms with E-state index in [4.69, 9.17) is 21.6 Å². The van der Waals surface area contributed by atoms with Gasteiger partial charge in [0.25, 0.3) is 5.91 Å². The smallest absolute Gasteiger partial charge is 0.266 e. The first-order valence-corrected chi connectivity index (χ1v) is 6.93. The third-order valence-corrected chi connectivity index (χ3v) is 3.25. The number of ether oxygens (including phenoxy) is 1. The van der Waals surface area contributed by atoms with Crippen molar-refractivity contribution in [3.8, 4) is 11.8 Å². The van der Waals surface area contributed by atoms with Crippen molar-refractivity contribution in [1.29, 1.82) is 5.26 Å². The molecule has 0 aliphatic rings. The number of anilines is 1. The predicted molar refractivity (Wildman–Crippen MR) is 86.6 cm³/mol. The number of hydrogen-bond acceptors (Lipinski definition) is 3. The zero-order valence-corrected chi connectivity index (χ0v) is 12.9. The molecule has 0 aromatic heterocycles. The number of nitriles is 1. The van der Waals surface area contributed by atoms with E-state index in [9.17, 15) is 9.18 Å². The number of halogens is 2. The Bertz CT molecular complexity index is 795. The van der Waals surface area contributed by atoms with Gasteiger partial charge in [-0.15, -0.1) is 0 Å². The first-order valence-electron chi connectivity index (χ1n) is 6.55. The highest BCUT2D eigenvalue weighted by atomic mass is 35.5. The van der Waals surface area contributed by atoms with E-state index in [-0.39, 0.29) is 5.57 Å². The van der Waals surface area contributed by atoms with E-state index in [2.05, 4.69) is 5.32 Å². The van der Waals surface area contributed by atoms with Crippen LogP contribution in [-0.4, -0.2) is 13.0 Å². The molecule has 0 aliphatic carbocycles. The summed E-state index contributed by atoms with van der Waals surface area (Å²) in [6.45, 7) is 0. The minimum absolute atomic E-state index is 0.108. The van der Waals surface area contributed by atoms with E-state index in [0.29, 0.717) is 22.0 Å². The molecule has 1 amide bonds. The average molecular weight is 331 g/mol. The maximum Gasteiger partial charge on any atom is 0.266 e. The highest BCUT2D eigenvalue weighted by molar-refractivity contribution is 6.32. The molecule has 0 unspecified atom stereocenters. The zero-order valence-electron chi connectivity index (χ0n) is 12.1. The van der Waals surface area contributed by atoms with Gasteiger partial charge >= 0.3 is 0 Å². The highest BCUT2D eigenvalue weighted by Crippen LogP contribution is 2.27. The fourth-order valence-electron chi connectivity index (χ4n) is 1.82. The van der Waals surface area contributed by atoms with Crippen LogP contribution in [0.4, 0.5) is 10.1 Å². The molecule has 0 aliphatic heterocycles. The Morgan fingerprint density at radius 1 is 1.30 bits per heavy atom. The van der Waals surface area contributed by atoms with E-state index in [1.54, 1.807) is 12.1 Å². The number of benzene rings is 2. The van der Waals surface area contributed by atoms with Crippen molar-refractivity contribution in [2.45, 2.75) is 0 Å². The van der Waals surface area contributed by atoms with Crippen LogP contribution < -0.4 is 10.1 Å². The number of nitrogens with zero attached hydrogens (tertiary/aromatic N) is 1. The molecule has 116 valence electrons. The standard InChI is InChI=1S/C17H12ClFN2O2/c1-23-16-7-6-14(9-15(16)18)21-17(22)12(10-20)8-11-2-4-13(19)5-3-11/h2-9H,1H3,(H,21,22)/b12-8+. The molecule has 0 saturated heterocycles. The van der Waals surface area contributed by atoms with Crippen LogP contribution in [0.5, 0.6) is 5.75 Å². The predicted octanol–water partition coefficient (Wildman–Crippen LogP) is 4.03. The van der Waals surface area contributed by atoms with Gasteiger partial charge in [-0.2, -0.15) is 5.26 Å². The van der Waals surface area contributed by atoms with Crippen LogP contribution in [0.3, 0.4) is 0 Å². The minimum Gasteiger partial charge on any atom is -0.495 e. The number of methoxy groups -OCH3 is 1. The molecule has 0 heterocycles. The van der Waals surface area contributed by atoms with Crippen LogP contribution in [0.25, 0.3) is 6.08 Å². The number of amides is 1. The molecular formula is C17H12ClFN2O2. The van der Waals surface area contributed by atoms with Gasteiger partial charge in [-0.05, 0) is 42.0 Å². The summed E-state index contributed by atoms with van der Waals surface area (Å²) < 4.78 is 17.9. The first-order chi connectivity index (χ1) is 11.0. The van der Waals surface area contributed by atoms with Crippen LogP contribution in [0, 0.1) is 17.1 Å². The molecule has 2 aromatic carbocycles. The van der Waals surface area contributed by atoms with Gasteiger partial charge in [0, 0.05) is 5.69 Å². The molecule has 2 rings (SSSR count). The Morgan fingerprint density at radius 3 is 2.57 bits per heavy atom. The van der Waals surface area contributed by atoms with Crippen LogP contribution in [0.2, 0.25) is 5.02 Å². The first kappa shape index (κ1) is 16.5. The lowest BCUT2D eigenvalue weighted by Crippen LogP contribution is -2.13. The second-order valence-electron chi connectivity index (χ2n) is 4.52. The maximum atomic E-state index is 12.9. The third kappa shape index (κ3) is 4.31. The summed E-state index contributed by atoms with van der Waals surface area (Å²) in [5, 5.41) is 12.0. The molecule has 1 N–H and O–H groups in total. The topological polar surface area (TPSA) is 62.1 Å². The Labute approximate surface area is 137 Å². The van der Waals surface area contributed by atoms with Gasteiger partial charge in [0.05, 0.1) is 12.1 Å². The summed E-state index contributed by atoms with van der Waals surface area (Å²) in [5.74, 6) is -0.497. The van der Waals surface area contributed by atoms with Crippen molar-refractivity contribution in [1.82, 2.24) is 0 Å². The molecule has 2 aromatic rings. The lowest BCUT2D eigenvalue weighted by molar-refractivity contribution is -0.112. The SMILES string of the molecule is COc1ccc(NC(=O)/C(C#N)=C/c2ccc(F)cc2)cc1Cl. The maximum absolute atomic E-state index is 12.9. The van der Waals surface area contributed by atoms with Crippen LogP contribution >= 0.6 is 11.6 Å². The lowest BCUT2D eigenvalue weighted by Gasteiger charge is -2.07. The van der Waals surface area contributed by atoms with Crippen molar-refractivity contribution >= 4 is 29.3 Å². The molecule has 0 spiro atoms. The van der Waals surface area contributed by atoms with Crippen molar-refractivity contribution in [2.75, 3.05) is 12.4 Å². The molecule has 0 fully saturated rings. The summed E-state index contributed by atoms with van der Waals surface area (Å²) in [7, 11) is 1.48. The number of carbonyl (C=O) groups excluding carboxylic acids is 1. The summed E-state index contributed by atoms with van der Waals surface area (Å²) in [5.41, 5.74) is 0.871. The number of hydrogen-bond donors (Lipinski definition) is 1. The number of rotatable bonds is 4. The second kappa shape index (κ2) is 7.43. The Hall–Kier alpha value is -2.84. The second-order valence-corrected chi connectivity index (χ2v) is 4.93. The molecule has 0 saturated carbocycles. The molecule has 0 bridgehead atoms. The van der Waals surface area contributed by atoms with Crippen LogP contribution in [0.1, 0.15) is 5.56 Å². The summed E-state index contributed by atoms with van der Waals surface area (Å²) in [4.78, 5) is 12.1. The van der Waals surface area contributed by atoms with Gasteiger partial charge in [-0.3, -0.25) is 4.79 Å². The Kier molecular flexibility index (Phi) is 5.34. The lowest BCUT2D eigenvalue weighted by atomic mass is 10.1. The molecule has 6 heteroatoms. The molecule has 4 nitrogen and oxygen atoms in total. The molecule has 0 atom stereocenters. The van der Waals surface area contributed by atoms with Crippen LogP contribution in [0.15, 0.2) is 48.0 Å². The van der Waals surface area contributed by atoms with Crippen molar-refractivity contribution in [3.05, 3.63) is 64.4 Å².